The first-order valence-electron chi connectivity index (χ1n) is 10.2. The summed E-state index contributed by atoms with van der Waals surface area (Å²) in [5, 5.41) is 0. The molecule has 2 aliphatic carbocycles. The number of fused-ring (bicyclic) bond motifs is 4. The topological polar surface area (TPSA) is 3.24 Å². The van der Waals surface area contributed by atoms with Crippen molar-refractivity contribution in [1.82, 2.24) is 0 Å². The van der Waals surface area contributed by atoms with Crippen LogP contribution in [0.5, 0.6) is 0 Å². The van der Waals surface area contributed by atoms with Crippen LogP contribution >= 0.6 is 15.9 Å². The number of halogens is 1. The van der Waals surface area contributed by atoms with Gasteiger partial charge in [-0.25, -0.2) is 0 Å². The summed E-state index contributed by atoms with van der Waals surface area (Å²) in [4.78, 5) is 2.79. The van der Waals surface area contributed by atoms with Crippen LogP contribution < -0.4 is 4.90 Å². The van der Waals surface area contributed by atoms with Crippen molar-refractivity contribution in [2.75, 3.05) is 11.4 Å². The van der Waals surface area contributed by atoms with E-state index in [1.807, 2.05) is 0 Å². The lowest BCUT2D eigenvalue weighted by atomic mass is 9.70. The minimum Gasteiger partial charge on any atom is -0.363 e. The fourth-order valence-electron chi connectivity index (χ4n) is 6.17. The molecule has 2 aliphatic heterocycles. The van der Waals surface area contributed by atoms with E-state index in [0.29, 0.717) is 23.8 Å². The lowest BCUT2D eigenvalue weighted by molar-refractivity contribution is 0.335. The Kier molecular flexibility index (Phi) is 3.50. The standard InChI is InChI=1S/C25H24BrN/c1-15-12-22-19-5-2-4-17(19)14-27-24(16-8-10-18(26)11-9-16)21-7-3-6-20(21)23(13-15)25(22)27/h2-3,5-6,8-13,17,19-21,24H,4,7,14H2,1H3/t17-,19+,20+,21+,24+/m1/s1. The van der Waals surface area contributed by atoms with Gasteiger partial charge in [0.2, 0.25) is 0 Å². The van der Waals surface area contributed by atoms with Gasteiger partial charge >= 0.3 is 0 Å². The van der Waals surface area contributed by atoms with E-state index in [0.717, 1.165) is 5.92 Å². The summed E-state index contributed by atoms with van der Waals surface area (Å²) >= 11 is 3.62. The SMILES string of the molecule is Cc1cc2c3c(c1)[C@H]1C=CC[C@@H]1[C@H](c1ccc(Br)cc1)N3C[C@H]1CC=C[C@H]21. The van der Waals surface area contributed by atoms with E-state index in [9.17, 15) is 0 Å². The van der Waals surface area contributed by atoms with Gasteiger partial charge in [-0.1, -0.05) is 70.1 Å². The molecule has 0 fully saturated rings. The molecular weight excluding hydrogens is 394 g/mol. The van der Waals surface area contributed by atoms with Gasteiger partial charge in [0.25, 0.3) is 0 Å². The van der Waals surface area contributed by atoms with Gasteiger partial charge in [-0.15, -0.1) is 0 Å². The number of hydrogen-bond donors (Lipinski definition) is 0. The first-order chi connectivity index (χ1) is 13.2. The number of benzene rings is 2. The molecule has 0 saturated heterocycles. The highest BCUT2D eigenvalue weighted by molar-refractivity contribution is 9.10. The minimum absolute atomic E-state index is 0.480. The number of anilines is 1. The normalized spacial score (nSPS) is 32.4. The molecule has 0 unspecified atom stereocenters. The van der Waals surface area contributed by atoms with E-state index in [4.69, 9.17) is 0 Å². The van der Waals surface area contributed by atoms with Gasteiger partial charge in [0.15, 0.2) is 0 Å². The summed E-state index contributed by atoms with van der Waals surface area (Å²) in [5.41, 5.74) is 7.60. The summed E-state index contributed by atoms with van der Waals surface area (Å²) < 4.78 is 1.17. The van der Waals surface area contributed by atoms with E-state index in [1.54, 1.807) is 16.8 Å². The highest BCUT2D eigenvalue weighted by atomic mass is 79.9. The van der Waals surface area contributed by atoms with Crippen molar-refractivity contribution in [3.63, 3.8) is 0 Å². The smallest absolute Gasteiger partial charge is 0.0582 e. The maximum atomic E-state index is 3.62. The van der Waals surface area contributed by atoms with Crippen LogP contribution in [0.1, 0.15) is 53.0 Å². The van der Waals surface area contributed by atoms with Gasteiger partial charge in [0.05, 0.1) is 6.04 Å². The second kappa shape index (κ2) is 5.85. The quantitative estimate of drug-likeness (QED) is 0.469. The Morgan fingerprint density at radius 3 is 2.44 bits per heavy atom. The lowest BCUT2D eigenvalue weighted by Crippen LogP contribution is -2.46. The monoisotopic (exact) mass is 417 g/mol. The molecule has 2 heterocycles. The number of rotatable bonds is 1. The third kappa shape index (κ3) is 2.29. The van der Waals surface area contributed by atoms with Gasteiger partial charge in [-0.3, -0.25) is 0 Å². The van der Waals surface area contributed by atoms with Crippen molar-refractivity contribution in [3.05, 3.63) is 87.4 Å². The van der Waals surface area contributed by atoms with Crippen molar-refractivity contribution >= 4 is 21.6 Å². The molecule has 0 bridgehead atoms. The van der Waals surface area contributed by atoms with Gasteiger partial charge in [-0.2, -0.15) is 0 Å². The number of allylic oxidation sites excluding steroid dienone is 4. The van der Waals surface area contributed by atoms with Crippen LogP contribution in [0.2, 0.25) is 0 Å². The third-order valence-corrected chi connectivity index (χ3v) is 7.73. The fourth-order valence-corrected chi connectivity index (χ4v) is 6.44. The van der Waals surface area contributed by atoms with Crippen LogP contribution in [-0.2, 0) is 0 Å². The van der Waals surface area contributed by atoms with Crippen molar-refractivity contribution in [2.24, 2.45) is 11.8 Å². The average Bonchev–Trinajstić information content (AvgIpc) is 3.32. The van der Waals surface area contributed by atoms with E-state index in [1.165, 1.54) is 35.0 Å². The Balaban J connectivity index is 1.59. The molecule has 2 aromatic carbocycles. The van der Waals surface area contributed by atoms with Gasteiger partial charge < -0.3 is 4.90 Å². The van der Waals surface area contributed by atoms with Gasteiger partial charge in [-0.05, 0) is 60.4 Å². The molecule has 2 heteroatoms. The molecule has 0 amide bonds. The maximum Gasteiger partial charge on any atom is 0.0582 e. The van der Waals surface area contributed by atoms with Crippen LogP contribution in [-0.4, -0.2) is 6.54 Å². The Morgan fingerprint density at radius 2 is 1.63 bits per heavy atom. The highest BCUT2D eigenvalue weighted by Gasteiger charge is 2.47. The molecule has 0 radical (unpaired) electrons. The highest BCUT2D eigenvalue weighted by Crippen LogP contribution is 2.58. The molecule has 0 aromatic heterocycles. The van der Waals surface area contributed by atoms with Crippen LogP contribution in [0.3, 0.4) is 0 Å². The zero-order valence-electron chi connectivity index (χ0n) is 15.6. The molecule has 0 saturated carbocycles. The van der Waals surface area contributed by atoms with E-state index >= 15 is 0 Å². The first-order valence-corrected chi connectivity index (χ1v) is 11.0. The predicted octanol–water partition coefficient (Wildman–Crippen LogP) is 6.65. The third-order valence-electron chi connectivity index (χ3n) is 7.21. The first kappa shape index (κ1) is 16.2. The molecule has 2 aromatic rings. The summed E-state index contributed by atoms with van der Waals surface area (Å²) in [6.45, 7) is 3.46. The lowest BCUT2D eigenvalue weighted by Gasteiger charge is -2.51. The van der Waals surface area contributed by atoms with Crippen molar-refractivity contribution in [1.29, 1.82) is 0 Å². The fraction of sp³-hybridized carbons (Fsp3) is 0.360. The molecule has 6 rings (SSSR count). The Labute approximate surface area is 169 Å². The van der Waals surface area contributed by atoms with Crippen LogP contribution in [0.15, 0.2) is 65.2 Å². The zero-order valence-corrected chi connectivity index (χ0v) is 17.2. The second-order valence-electron chi connectivity index (χ2n) is 8.74. The van der Waals surface area contributed by atoms with Gasteiger partial charge in [0, 0.05) is 28.5 Å². The Hall–Kier alpha value is -1.80. The summed E-state index contributed by atoms with van der Waals surface area (Å²) in [5.74, 6) is 2.56. The van der Waals surface area contributed by atoms with E-state index in [-0.39, 0.29) is 0 Å². The summed E-state index contributed by atoms with van der Waals surface area (Å²) in [6.07, 6.45) is 12.2. The number of nitrogens with zero attached hydrogens (tertiary/aromatic N) is 1. The zero-order chi connectivity index (χ0) is 18.1. The molecule has 27 heavy (non-hydrogen) atoms. The molecular formula is C25H24BrN. The van der Waals surface area contributed by atoms with Crippen LogP contribution in [0, 0.1) is 18.8 Å². The van der Waals surface area contributed by atoms with Crippen molar-refractivity contribution < 1.29 is 0 Å². The van der Waals surface area contributed by atoms with Gasteiger partial charge in [0.1, 0.15) is 0 Å². The maximum absolute atomic E-state index is 3.62. The number of aryl methyl sites for hydroxylation is 1. The molecule has 4 aliphatic rings. The predicted molar refractivity (Wildman–Crippen MR) is 115 cm³/mol. The second-order valence-corrected chi connectivity index (χ2v) is 9.66. The summed E-state index contributed by atoms with van der Waals surface area (Å²) in [7, 11) is 0. The largest absolute Gasteiger partial charge is 0.363 e. The number of hydrogen-bond acceptors (Lipinski definition) is 1. The van der Waals surface area contributed by atoms with Crippen LogP contribution in [0.4, 0.5) is 5.69 Å². The van der Waals surface area contributed by atoms with E-state index < -0.39 is 0 Å². The molecule has 136 valence electrons. The van der Waals surface area contributed by atoms with Crippen molar-refractivity contribution in [2.45, 2.75) is 37.6 Å². The summed E-state index contributed by atoms with van der Waals surface area (Å²) in [6, 6.07) is 14.5. The van der Waals surface area contributed by atoms with Crippen molar-refractivity contribution in [3.8, 4) is 0 Å². The van der Waals surface area contributed by atoms with E-state index in [2.05, 4.69) is 88.5 Å². The Morgan fingerprint density at radius 1 is 0.926 bits per heavy atom. The molecule has 0 spiro atoms. The molecule has 0 N–H and O–H groups in total. The average molecular weight is 418 g/mol. The molecule has 5 atom stereocenters. The van der Waals surface area contributed by atoms with Crippen LogP contribution in [0.25, 0.3) is 0 Å². The Bertz CT molecular complexity index is 953. The minimum atomic E-state index is 0.480. The molecule has 1 nitrogen and oxygen atoms in total.